The number of carbonyl (C=O) groups excluding carboxylic acids is 1. The molecule has 1 fully saturated rings. The monoisotopic (exact) mass is 350 g/mol. The average molecular weight is 350 g/mol. The summed E-state index contributed by atoms with van der Waals surface area (Å²) in [5, 5.41) is 2.40. The lowest BCUT2D eigenvalue weighted by atomic mass is 10.0. The van der Waals surface area contributed by atoms with Gasteiger partial charge in [0.1, 0.15) is 6.04 Å². The van der Waals surface area contributed by atoms with Crippen molar-refractivity contribution < 1.29 is 26.4 Å². The van der Waals surface area contributed by atoms with E-state index in [1.807, 2.05) is 0 Å². The first-order chi connectivity index (χ1) is 10.7. The molecule has 9 heteroatoms. The van der Waals surface area contributed by atoms with Gasteiger partial charge in [0.2, 0.25) is 15.9 Å². The van der Waals surface area contributed by atoms with Gasteiger partial charge in [-0.25, -0.2) is 8.42 Å². The molecule has 1 amide bonds. The Morgan fingerprint density at radius 1 is 1.30 bits per heavy atom. The van der Waals surface area contributed by atoms with E-state index in [1.54, 1.807) is 0 Å². The molecular weight excluding hydrogens is 333 g/mol. The standard InChI is InChI=1S/C14H17F3N2O3S/c1-18-13(20)12-7-2-3-8-19(12)23(21,22)11-6-4-5-10(9-11)14(15,16)17/h4-6,9,12H,2-3,7-8H2,1H3,(H,18,20). The summed E-state index contributed by atoms with van der Waals surface area (Å²) in [7, 11) is -2.78. The molecule has 0 aliphatic carbocycles. The normalized spacial score (nSPS) is 20.3. The number of hydrogen-bond donors (Lipinski definition) is 1. The van der Waals surface area contributed by atoms with E-state index in [1.165, 1.54) is 7.05 Å². The maximum Gasteiger partial charge on any atom is 0.416 e. The second-order valence-electron chi connectivity index (χ2n) is 5.27. The van der Waals surface area contributed by atoms with Crippen LogP contribution >= 0.6 is 0 Å². The highest BCUT2D eigenvalue weighted by Crippen LogP contribution is 2.32. The third kappa shape index (κ3) is 3.66. The lowest BCUT2D eigenvalue weighted by molar-refractivity contribution is -0.137. The van der Waals surface area contributed by atoms with Crippen LogP contribution in [0.25, 0.3) is 0 Å². The van der Waals surface area contributed by atoms with Crippen LogP contribution in [-0.2, 0) is 21.0 Å². The van der Waals surface area contributed by atoms with Crippen molar-refractivity contribution in [3.05, 3.63) is 29.8 Å². The molecule has 1 saturated heterocycles. The molecule has 1 aromatic carbocycles. The molecule has 1 aliphatic rings. The number of nitrogens with zero attached hydrogens (tertiary/aromatic N) is 1. The first kappa shape index (κ1) is 17.7. The number of nitrogens with one attached hydrogen (secondary N) is 1. The largest absolute Gasteiger partial charge is 0.416 e. The minimum Gasteiger partial charge on any atom is -0.358 e. The van der Waals surface area contributed by atoms with Crippen molar-refractivity contribution in [2.45, 2.75) is 36.4 Å². The topological polar surface area (TPSA) is 66.5 Å². The van der Waals surface area contributed by atoms with Gasteiger partial charge in [0, 0.05) is 13.6 Å². The SMILES string of the molecule is CNC(=O)C1CCCCN1S(=O)(=O)c1cccc(C(F)(F)F)c1. The zero-order valence-electron chi connectivity index (χ0n) is 12.4. The van der Waals surface area contributed by atoms with Crippen LogP contribution < -0.4 is 5.32 Å². The average Bonchev–Trinajstić information content (AvgIpc) is 2.53. The van der Waals surface area contributed by atoms with E-state index in [0.717, 1.165) is 22.5 Å². The molecule has 5 nitrogen and oxygen atoms in total. The molecule has 2 rings (SSSR count). The van der Waals surface area contributed by atoms with Crippen molar-refractivity contribution in [1.29, 1.82) is 0 Å². The van der Waals surface area contributed by atoms with E-state index in [4.69, 9.17) is 0 Å². The predicted octanol–water partition coefficient (Wildman–Crippen LogP) is 1.99. The Hall–Kier alpha value is -1.61. The van der Waals surface area contributed by atoms with Gasteiger partial charge in [-0.1, -0.05) is 12.5 Å². The Bertz CT molecular complexity index is 689. The smallest absolute Gasteiger partial charge is 0.358 e. The van der Waals surface area contributed by atoms with Crippen molar-refractivity contribution in [3.63, 3.8) is 0 Å². The number of carbonyl (C=O) groups is 1. The molecular formula is C14H17F3N2O3S. The molecule has 0 spiro atoms. The molecule has 1 unspecified atom stereocenters. The molecule has 1 atom stereocenters. The van der Waals surface area contributed by atoms with E-state index >= 15 is 0 Å². The van der Waals surface area contributed by atoms with E-state index in [2.05, 4.69) is 5.32 Å². The summed E-state index contributed by atoms with van der Waals surface area (Å²) in [6.07, 6.45) is -3.04. The van der Waals surface area contributed by atoms with Crippen LogP contribution in [0.3, 0.4) is 0 Å². The number of sulfonamides is 1. The maximum absolute atomic E-state index is 12.8. The molecule has 0 radical (unpaired) electrons. The summed E-state index contributed by atoms with van der Waals surface area (Å²) in [6.45, 7) is 0.108. The Labute approximate surface area is 132 Å². The predicted molar refractivity (Wildman–Crippen MR) is 77.0 cm³/mol. The summed E-state index contributed by atoms with van der Waals surface area (Å²) in [6, 6.07) is 2.68. The second kappa shape index (κ2) is 6.48. The lowest BCUT2D eigenvalue weighted by Crippen LogP contribution is -2.51. The van der Waals surface area contributed by atoms with Crippen molar-refractivity contribution in [2.75, 3.05) is 13.6 Å². The fraction of sp³-hybridized carbons (Fsp3) is 0.500. The molecule has 1 N–H and O–H groups in total. The quantitative estimate of drug-likeness (QED) is 0.907. The third-order valence-electron chi connectivity index (χ3n) is 3.77. The summed E-state index contributed by atoms with van der Waals surface area (Å²) in [5.41, 5.74) is -1.04. The van der Waals surface area contributed by atoms with Gasteiger partial charge in [-0.3, -0.25) is 4.79 Å². The minimum absolute atomic E-state index is 0.108. The summed E-state index contributed by atoms with van der Waals surface area (Å²) >= 11 is 0. The van der Waals surface area contributed by atoms with Gasteiger partial charge in [0.15, 0.2) is 0 Å². The Balaban J connectivity index is 2.42. The van der Waals surface area contributed by atoms with E-state index in [-0.39, 0.29) is 6.54 Å². The molecule has 1 heterocycles. The van der Waals surface area contributed by atoms with Gasteiger partial charge in [-0.05, 0) is 31.0 Å². The van der Waals surface area contributed by atoms with Crippen LogP contribution in [0, 0.1) is 0 Å². The second-order valence-corrected chi connectivity index (χ2v) is 7.16. The van der Waals surface area contributed by atoms with E-state index in [9.17, 15) is 26.4 Å². The lowest BCUT2D eigenvalue weighted by Gasteiger charge is -2.33. The first-order valence-corrected chi connectivity index (χ1v) is 8.52. The number of rotatable bonds is 3. The summed E-state index contributed by atoms with van der Waals surface area (Å²) in [4.78, 5) is 11.4. The molecule has 23 heavy (non-hydrogen) atoms. The number of halogens is 3. The summed E-state index contributed by atoms with van der Waals surface area (Å²) in [5.74, 6) is -0.458. The number of benzene rings is 1. The minimum atomic E-state index is -4.63. The fourth-order valence-electron chi connectivity index (χ4n) is 2.59. The zero-order valence-corrected chi connectivity index (χ0v) is 13.2. The van der Waals surface area contributed by atoms with Crippen LogP contribution in [-0.4, -0.2) is 38.3 Å². The zero-order chi connectivity index (χ0) is 17.3. The molecule has 128 valence electrons. The molecule has 1 aliphatic heterocycles. The van der Waals surface area contributed by atoms with Crippen molar-refractivity contribution in [1.82, 2.24) is 9.62 Å². The van der Waals surface area contributed by atoms with Crippen LogP contribution in [0.1, 0.15) is 24.8 Å². The van der Waals surface area contributed by atoms with Crippen LogP contribution in [0.15, 0.2) is 29.2 Å². The van der Waals surface area contributed by atoms with Crippen LogP contribution in [0.4, 0.5) is 13.2 Å². The number of piperidine rings is 1. The van der Waals surface area contributed by atoms with Gasteiger partial charge in [-0.15, -0.1) is 0 Å². The molecule has 1 aromatic rings. The van der Waals surface area contributed by atoms with E-state index in [0.29, 0.717) is 25.3 Å². The summed E-state index contributed by atoms with van der Waals surface area (Å²) < 4.78 is 64.7. The highest BCUT2D eigenvalue weighted by molar-refractivity contribution is 7.89. The van der Waals surface area contributed by atoms with Gasteiger partial charge in [0.05, 0.1) is 10.5 Å². The fourth-order valence-corrected chi connectivity index (χ4v) is 4.29. The van der Waals surface area contributed by atoms with Gasteiger partial charge >= 0.3 is 6.18 Å². The molecule has 0 bridgehead atoms. The highest BCUT2D eigenvalue weighted by atomic mass is 32.2. The maximum atomic E-state index is 12.8. The molecule has 0 aromatic heterocycles. The van der Waals surface area contributed by atoms with Crippen molar-refractivity contribution in [2.24, 2.45) is 0 Å². The van der Waals surface area contributed by atoms with Crippen molar-refractivity contribution >= 4 is 15.9 Å². The van der Waals surface area contributed by atoms with Crippen LogP contribution in [0.2, 0.25) is 0 Å². The Kier molecular flexibility index (Phi) is 5.00. The first-order valence-electron chi connectivity index (χ1n) is 7.08. The highest BCUT2D eigenvalue weighted by Gasteiger charge is 2.38. The Morgan fingerprint density at radius 3 is 2.61 bits per heavy atom. The van der Waals surface area contributed by atoms with E-state index < -0.39 is 38.6 Å². The number of hydrogen-bond acceptors (Lipinski definition) is 3. The van der Waals surface area contributed by atoms with Crippen LogP contribution in [0.5, 0.6) is 0 Å². The number of alkyl halides is 3. The number of likely N-dealkylation sites (N-methyl/N-ethyl adjacent to an activating group) is 1. The van der Waals surface area contributed by atoms with Gasteiger partial charge < -0.3 is 5.32 Å². The van der Waals surface area contributed by atoms with Gasteiger partial charge in [-0.2, -0.15) is 17.5 Å². The molecule has 0 saturated carbocycles. The third-order valence-corrected chi connectivity index (χ3v) is 5.67. The van der Waals surface area contributed by atoms with Crippen molar-refractivity contribution in [3.8, 4) is 0 Å². The van der Waals surface area contributed by atoms with Gasteiger partial charge in [0.25, 0.3) is 0 Å². The number of amides is 1. The Morgan fingerprint density at radius 2 is 2.00 bits per heavy atom.